The highest BCUT2D eigenvalue weighted by atomic mass is 35.5. The number of nitro groups is 1. The van der Waals surface area contributed by atoms with Crippen molar-refractivity contribution in [2.45, 2.75) is 26.7 Å². The van der Waals surface area contributed by atoms with Crippen molar-refractivity contribution in [1.82, 2.24) is 0 Å². The van der Waals surface area contributed by atoms with Gasteiger partial charge >= 0.3 is 0 Å². The van der Waals surface area contributed by atoms with E-state index in [0.29, 0.717) is 11.5 Å². The van der Waals surface area contributed by atoms with Crippen molar-refractivity contribution in [2.24, 2.45) is 5.92 Å². The molecular weight excluding hydrogens is 252 g/mol. The number of hydrogen-bond donors (Lipinski definition) is 0. The van der Waals surface area contributed by atoms with Gasteiger partial charge in [-0.25, -0.2) is 0 Å². The zero-order valence-corrected chi connectivity index (χ0v) is 11.8. The third kappa shape index (κ3) is 3.60. The Kier molecular flexibility index (Phi) is 5.41. The van der Waals surface area contributed by atoms with E-state index >= 15 is 0 Å². The average Bonchev–Trinajstić information content (AvgIpc) is 2.34. The Morgan fingerprint density at radius 1 is 1.44 bits per heavy atom. The molecule has 0 bridgehead atoms. The fourth-order valence-corrected chi connectivity index (χ4v) is 2.13. The Bertz CT molecular complexity index is 421. The molecule has 0 aliphatic heterocycles. The lowest BCUT2D eigenvalue weighted by molar-refractivity contribution is -0.385. The standard InChI is InChI=1S/C13H19ClN2O2/c1-4-15(9-10(2)3)12-5-6-13(16(17)18)11(7-12)8-14/h5-7,10H,4,8-9H2,1-3H3. The molecule has 0 radical (unpaired) electrons. The van der Waals surface area contributed by atoms with Gasteiger partial charge in [-0.1, -0.05) is 13.8 Å². The van der Waals surface area contributed by atoms with E-state index < -0.39 is 0 Å². The minimum Gasteiger partial charge on any atom is -0.372 e. The van der Waals surface area contributed by atoms with Crippen LogP contribution >= 0.6 is 11.6 Å². The SMILES string of the molecule is CCN(CC(C)C)c1ccc([N+](=O)[O-])c(CCl)c1. The summed E-state index contributed by atoms with van der Waals surface area (Å²) in [5.41, 5.74) is 1.66. The van der Waals surface area contributed by atoms with Crippen molar-refractivity contribution < 1.29 is 4.92 Å². The second-order valence-corrected chi connectivity index (χ2v) is 4.90. The highest BCUT2D eigenvalue weighted by Gasteiger charge is 2.15. The van der Waals surface area contributed by atoms with Crippen molar-refractivity contribution in [1.29, 1.82) is 0 Å². The molecule has 0 atom stereocenters. The Morgan fingerprint density at radius 3 is 2.56 bits per heavy atom. The van der Waals surface area contributed by atoms with Gasteiger partial charge in [-0.15, -0.1) is 11.6 Å². The summed E-state index contributed by atoms with van der Waals surface area (Å²) >= 11 is 5.78. The summed E-state index contributed by atoms with van der Waals surface area (Å²) in [4.78, 5) is 12.7. The van der Waals surface area contributed by atoms with E-state index in [-0.39, 0.29) is 16.5 Å². The summed E-state index contributed by atoms with van der Waals surface area (Å²) in [6.45, 7) is 8.17. The smallest absolute Gasteiger partial charge is 0.273 e. The number of nitro benzene ring substituents is 1. The number of alkyl halides is 1. The molecule has 0 amide bonds. The third-order valence-corrected chi connectivity index (χ3v) is 3.02. The van der Waals surface area contributed by atoms with Crippen LogP contribution in [-0.4, -0.2) is 18.0 Å². The van der Waals surface area contributed by atoms with E-state index in [9.17, 15) is 10.1 Å². The predicted octanol–water partition coefficient (Wildman–Crippen LogP) is 3.82. The summed E-state index contributed by atoms with van der Waals surface area (Å²) in [6.07, 6.45) is 0. The number of halogens is 1. The third-order valence-electron chi connectivity index (χ3n) is 2.74. The summed E-state index contributed by atoms with van der Waals surface area (Å²) < 4.78 is 0. The second-order valence-electron chi connectivity index (χ2n) is 4.64. The van der Waals surface area contributed by atoms with E-state index in [1.165, 1.54) is 6.07 Å². The first-order valence-electron chi connectivity index (χ1n) is 6.07. The quantitative estimate of drug-likeness (QED) is 0.448. The molecule has 100 valence electrons. The van der Waals surface area contributed by atoms with Crippen molar-refractivity contribution in [2.75, 3.05) is 18.0 Å². The van der Waals surface area contributed by atoms with Gasteiger partial charge < -0.3 is 4.90 Å². The van der Waals surface area contributed by atoms with Crippen LogP contribution in [0.4, 0.5) is 11.4 Å². The number of benzene rings is 1. The molecule has 0 saturated heterocycles. The zero-order valence-electron chi connectivity index (χ0n) is 11.0. The van der Waals surface area contributed by atoms with E-state index in [1.807, 2.05) is 6.07 Å². The molecule has 5 heteroatoms. The number of rotatable bonds is 6. The second kappa shape index (κ2) is 6.59. The Hall–Kier alpha value is -1.29. The summed E-state index contributed by atoms with van der Waals surface area (Å²) in [5.74, 6) is 0.697. The topological polar surface area (TPSA) is 46.4 Å². The fraction of sp³-hybridized carbons (Fsp3) is 0.538. The molecule has 0 N–H and O–H groups in total. The molecule has 0 heterocycles. The minimum absolute atomic E-state index is 0.0920. The van der Waals surface area contributed by atoms with Crippen LogP contribution < -0.4 is 4.90 Å². The maximum Gasteiger partial charge on any atom is 0.273 e. The summed E-state index contributed by atoms with van der Waals surface area (Å²) in [6, 6.07) is 5.15. The van der Waals surface area contributed by atoms with Gasteiger partial charge in [0.05, 0.1) is 10.8 Å². The molecule has 0 aliphatic rings. The van der Waals surface area contributed by atoms with Crippen molar-refractivity contribution in [3.63, 3.8) is 0 Å². The van der Waals surface area contributed by atoms with Gasteiger partial charge in [0.2, 0.25) is 0 Å². The van der Waals surface area contributed by atoms with Gasteiger partial charge in [0, 0.05) is 30.4 Å². The normalized spacial score (nSPS) is 10.7. The maximum atomic E-state index is 10.8. The molecule has 1 aromatic rings. The lowest BCUT2D eigenvalue weighted by Gasteiger charge is -2.25. The highest BCUT2D eigenvalue weighted by Crippen LogP contribution is 2.26. The molecule has 0 fully saturated rings. The average molecular weight is 271 g/mol. The van der Waals surface area contributed by atoms with Crippen LogP contribution in [0.5, 0.6) is 0 Å². The maximum absolute atomic E-state index is 10.8. The highest BCUT2D eigenvalue weighted by molar-refractivity contribution is 6.17. The molecule has 0 spiro atoms. The van der Waals surface area contributed by atoms with E-state index in [1.54, 1.807) is 6.07 Å². The van der Waals surface area contributed by atoms with Gasteiger partial charge in [-0.05, 0) is 25.0 Å². The lowest BCUT2D eigenvalue weighted by atomic mass is 10.1. The molecule has 1 aromatic carbocycles. The monoisotopic (exact) mass is 270 g/mol. The molecule has 4 nitrogen and oxygen atoms in total. The number of nitrogens with zero attached hydrogens (tertiary/aromatic N) is 2. The Morgan fingerprint density at radius 2 is 2.11 bits per heavy atom. The lowest BCUT2D eigenvalue weighted by Crippen LogP contribution is -2.27. The molecule has 0 aromatic heterocycles. The predicted molar refractivity (Wildman–Crippen MR) is 75.4 cm³/mol. The van der Waals surface area contributed by atoms with E-state index in [4.69, 9.17) is 11.6 Å². The first-order chi connectivity index (χ1) is 8.49. The number of anilines is 1. The van der Waals surface area contributed by atoms with E-state index in [0.717, 1.165) is 18.8 Å². The summed E-state index contributed by atoms with van der Waals surface area (Å²) in [7, 11) is 0. The van der Waals surface area contributed by atoms with Crippen LogP contribution in [-0.2, 0) is 5.88 Å². The van der Waals surface area contributed by atoms with Crippen LogP contribution in [0.2, 0.25) is 0 Å². The van der Waals surface area contributed by atoms with Crippen LogP contribution in [0.15, 0.2) is 18.2 Å². The molecule has 1 rings (SSSR count). The van der Waals surface area contributed by atoms with Crippen molar-refractivity contribution in [3.05, 3.63) is 33.9 Å². The molecule has 0 saturated carbocycles. The van der Waals surface area contributed by atoms with E-state index in [2.05, 4.69) is 25.7 Å². The van der Waals surface area contributed by atoms with Gasteiger partial charge in [0.25, 0.3) is 5.69 Å². The Balaban J connectivity index is 3.06. The van der Waals surface area contributed by atoms with Crippen molar-refractivity contribution in [3.8, 4) is 0 Å². The first-order valence-corrected chi connectivity index (χ1v) is 6.61. The van der Waals surface area contributed by atoms with Gasteiger partial charge in [-0.2, -0.15) is 0 Å². The van der Waals surface area contributed by atoms with Gasteiger partial charge in [0.15, 0.2) is 0 Å². The van der Waals surface area contributed by atoms with Crippen LogP contribution in [0.25, 0.3) is 0 Å². The molecular formula is C13H19ClN2O2. The minimum atomic E-state index is -0.389. The van der Waals surface area contributed by atoms with Crippen LogP contribution in [0, 0.1) is 16.0 Å². The largest absolute Gasteiger partial charge is 0.372 e. The molecule has 18 heavy (non-hydrogen) atoms. The molecule has 0 aliphatic carbocycles. The summed E-state index contributed by atoms with van der Waals surface area (Å²) in [5, 5.41) is 10.8. The zero-order chi connectivity index (χ0) is 13.7. The first kappa shape index (κ1) is 14.8. The van der Waals surface area contributed by atoms with Crippen molar-refractivity contribution >= 4 is 23.0 Å². The van der Waals surface area contributed by atoms with Gasteiger partial charge in [-0.3, -0.25) is 10.1 Å². The van der Waals surface area contributed by atoms with Crippen LogP contribution in [0.1, 0.15) is 26.3 Å². The fourth-order valence-electron chi connectivity index (χ4n) is 1.91. The van der Waals surface area contributed by atoms with Crippen LogP contribution in [0.3, 0.4) is 0 Å². The Labute approximate surface area is 113 Å². The van der Waals surface area contributed by atoms with Gasteiger partial charge in [0.1, 0.15) is 0 Å². The molecule has 0 unspecified atom stereocenters. The number of hydrogen-bond acceptors (Lipinski definition) is 3.